The van der Waals surface area contributed by atoms with E-state index in [1.54, 1.807) is 0 Å². The Morgan fingerprint density at radius 3 is 3.06 bits per heavy atom. The smallest absolute Gasteiger partial charge is 0.0690 e. The maximum absolute atomic E-state index is 5.97. The van der Waals surface area contributed by atoms with E-state index in [9.17, 15) is 0 Å². The second-order valence-electron chi connectivity index (χ2n) is 6.21. The first-order valence-electron chi connectivity index (χ1n) is 7.22. The predicted molar refractivity (Wildman–Crippen MR) is 73.8 cm³/mol. The van der Waals surface area contributed by atoms with Crippen LogP contribution < -0.4 is 5.32 Å². The van der Waals surface area contributed by atoms with Gasteiger partial charge < -0.3 is 10.1 Å². The molecule has 3 heteroatoms. The molecular formula is C15H21NOS. The van der Waals surface area contributed by atoms with Crippen LogP contribution in [0.15, 0.2) is 17.5 Å². The van der Waals surface area contributed by atoms with E-state index in [1.807, 2.05) is 11.3 Å². The summed E-state index contributed by atoms with van der Waals surface area (Å²) >= 11 is 1.86. The summed E-state index contributed by atoms with van der Waals surface area (Å²) in [6, 6.07) is 5.60. The maximum Gasteiger partial charge on any atom is 0.0690 e. The largest absolute Gasteiger partial charge is 0.377 e. The van der Waals surface area contributed by atoms with Crippen molar-refractivity contribution in [2.75, 3.05) is 6.61 Å². The van der Waals surface area contributed by atoms with Crippen LogP contribution in [0.25, 0.3) is 0 Å². The quantitative estimate of drug-likeness (QED) is 0.903. The van der Waals surface area contributed by atoms with Gasteiger partial charge in [0.05, 0.1) is 6.10 Å². The summed E-state index contributed by atoms with van der Waals surface area (Å²) in [5.41, 5.74) is 0.507. The zero-order valence-electron chi connectivity index (χ0n) is 10.9. The molecule has 2 heterocycles. The third kappa shape index (κ3) is 1.41. The molecule has 4 atom stereocenters. The number of rotatable bonds is 3. The second-order valence-corrected chi connectivity index (χ2v) is 7.19. The summed E-state index contributed by atoms with van der Waals surface area (Å²) in [6.07, 6.45) is 6.00. The Kier molecular flexibility index (Phi) is 2.58. The lowest BCUT2D eigenvalue weighted by molar-refractivity contribution is -0.178. The average Bonchev–Trinajstić information content (AvgIpc) is 2.93. The molecule has 0 amide bonds. The summed E-state index contributed by atoms with van der Waals surface area (Å²) in [5, 5.41) is 6.09. The Morgan fingerprint density at radius 1 is 1.50 bits per heavy atom. The van der Waals surface area contributed by atoms with Gasteiger partial charge in [-0.1, -0.05) is 12.5 Å². The molecule has 2 nitrogen and oxygen atoms in total. The lowest BCUT2D eigenvalue weighted by atomic mass is 9.46. The second kappa shape index (κ2) is 4.06. The number of fused-ring (bicyclic) bond motifs is 2. The van der Waals surface area contributed by atoms with Gasteiger partial charge in [-0.2, -0.15) is 0 Å². The molecule has 0 unspecified atom stereocenters. The van der Waals surface area contributed by atoms with Gasteiger partial charge in [0, 0.05) is 34.9 Å². The molecular weight excluding hydrogens is 242 g/mol. The lowest BCUT2D eigenvalue weighted by Gasteiger charge is -2.64. The van der Waals surface area contributed by atoms with Crippen LogP contribution in [0.2, 0.25) is 0 Å². The van der Waals surface area contributed by atoms with Crippen molar-refractivity contribution in [3.63, 3.8) is 0 Å². The first kappa shape index (κ1) is 11.4. The molecule has 3 aliphatic rings. The third-order valence-electron chi connectivity index (χ3n) is 5.44. The van der Waals surface area contributed by atoms with Gasteiger partial charge >= 0.3 is 0 Å². The Bertz CT molecular complexity index is 426. The molecule has 0 radical (unpaired) electrons. The van der Waals surface area contributed by atoms with Gasteiger partial charge in [0.2, 0.25) is 0 Å². The van der Waals surface area contributed by atoms with E-state index < -0.39 is 0 Å². The van der Waals surface area contributed by atoms with E-state index >= 15 is 0 Å². The van der Waals surface area contributed by atoms with E-state index in [-0.39, 0.29) is 0 Å². The van der Waals surface area contributed by atoms with Crippen molar-refractivity contribution in [1.82, 2.24) is 5.32 Å². The Balaban J connectivity index is 1.51. The first-order valence-corrected chi connectivity index (χ1v) is 8.10. The van der Waals surface area contributed by atoms with Crippen LogP contribution >= 0.6 is 11.3 Å². The number of ether oxygens (including phenoxy) is 1. The zero-order valence-corrected chi connectivity index (χ0v) is 11.7. The highest BCUT2D eigenvalue weighted by Crippen LogP contribution is 2.63. The molecule has 98 valence electrons. The molecule has 0 bridgehead atoms. The average molecular weight is 263 g/mol. The SMILES string of the molecule is C[C@H](N[C@@H]1[C@@H]2CCO[C@@H]2C12CCC2)c1cccs1. The standard InChI is InChI=1S/C15H21NOS/c1-10(12-4-2-9-18-12)16-13-11-5-8-17-14(11)15(13)6-3-7-15/h2,4,9-11,13-14,16H,3,5-8H2,1H3/t10-,11-,13+,14-/m0/s1. The Morgan fingerprint density at radius 2 is 2.39 bits per heavy atom. The lowest BCUT2D eigenvalue weighted by Crippen LogP contribution is -2.71. The minimum Gasteiger partial charge on any atom is -0.377 e. The molecule has 1 aromatic rings. The summed E-state index contributed by atoms with van der Waals surface area (Å²) < 4.78 is 5.97. The van der Waals surface area contributed by atoms with Crippen LogP contribution in [-0.2, 0) is 4.74 Å². The topological polar surface area (TPSA) is 21.3 Å². The molecule has 1 spiro atoms. The fourth-order valence-electron chi connectivity index (χ4n) is 4.38. The van der Waals surface area contributed by atoms with Crippen molar-refractivity contribution in [3.05, 3.63) is 22.4 Å². The number of hydrogen-bond acceptors (Lipinski definition) is 3. The molecule has 0 aromatic carbocycles. The van der Waals surface area contributed by atoms with Crippen LogP contribution in [-0.4, -0.2) is 18.8 Å². The van der Waals surface area contributed by atoms with E-state index in [1.165, 1.54) is 30.6 Å². The van der Waals surface area contributed by atoms with Crippen LogP contribution in [0.1, 0.15) is 43.5 Å². The van der Waals surface area contributed by atoms with Gasteiger partial charge in [0.15, 0.2) is 0 Å². The summed E-state index contributed by atoms with van der Waals surface area (Å²) in [7, 11) is 0. The van der Waals surface area contributed by atoms with E-state index in [0.717, 1.165) is 12.5 Å². The molecule has 3 fully saturated rings. The van der Waals surface area contributed by atoms with Crippen molar-refractivity contribution in [1.29, 1.82) is 0 Å². The van der Waals surface area contributed by atoms with Crippen molar-refractivity contribution in [2.24, 2.45) is 11.3 Å². The highest BCUT2D eigenvalue weighted by atomic mass is 32.1. The number of hydrogen-bond donors (Lipinski definition) is 1. The van der Waals surface area contributed by atoms with Gasteiger partial charge in [-0.25, -0.2) is 0 Å². The minimum atomic E-state index is 0.494. The first-order chi connectivity index (χ1) is 8.81. The Hall–Kier alpha value is -0.380. The molecule has 18 heavy (non-hydrogen) atoms. The van der Waals surface area contributed by atoms with E-state index in [4.69, 9.17) is 4.74 Å². The molecule has 1 saturated heterocycles. The normalized spacial score (nSPS) is 37.9. The van der Waals surface area contributed by atoms with Crippen molar-refractivity contribution in [3.8, 4) is 0 Å². The van der Waals surface area contributed by atoms with Crippen LogP contribution in [0.4, 0.5) is 0 Å². The molecule has 4 rings (SSSR count). The molecule has 1 N–H and O–H groups in total. The highest BCUT2D eigenvalue weighted by Gasteiger charge is 2.66. The number of thiophene rings is 1. The van der Waals surface area contributed by atoms with Crippen molar-refractivity contribution < 1.29 is 4.74 Å². The number of nitrogens with one attached hydrogen (secondary N) is 1. The predicted octanol–water partition coefficient (Wildman–Crippen LogP) is 3.36. The van der Waals surface area contributed by atoms with E-state index in [0.29, 0.717) is 23.6 Å². The summed E-state index contributed by atoms with van der Waals surface area (Å²) in [6.45, 7) is 3.30. The van der Waals surface area contributed by atoms with E-state index in [2.05, 4.69) is 29.8 Å². The van der Waals surface area contributed by atoms with Gasteiger partial charge in [0.1, 0.15) is 0 Å². The zero-order chi connectivity index (χ0) is 12.2. The van der Waals surface area contributed by atoms with Crippen molar-refractivity contribution in [2.45, 2.75) is 50.8 Å². The van der Waals surface area contributed by atoms with Gasteiger partial charge in [-0.3, -0.25) is 0 Å². The van der Waals surface area contributed by atoms with Gasteiger partial charge in [-0.05, 0) is 37.6 Å². The fourth-order valence-corrected chi connectivity index (χ4v) is 5.13. The third-order valence-corrected chi connectivity index (χ3v) is 6.49. The molecule has 2 aliphatic carbocycles. The molecule has 1 aliphatic heterocycles. The Labute approximate surface area is 113 Å². The van der Waals surface area contributed by atoms with Crippen LogP contribution in [0.5, 0.6) is 0 Å². The summed E-state index contributed by atoms with van der Waals surface area (Å²) in [4.78, 5) is 1.46. The highest BCUT2D eigenvalue weighted by molar-refractivity contribution is 7.10. The molecule has 2 saturated carbocycles. The summed E-state index contributed by atoms with van der Waals surface area (Å²) in [5.74, 6) is 0.785. The fraction of sp³-hybridized carbons (Fsp3) is 0.733. The molecule has 1 aromatic heterocycles. The van der Waals surface area contributed by atoms with Crippen LogP contribution in [0, 0.1) is 11.3 Å². The van der Waals surface area contributed by atoms with Crippen molar-refractivity contribution >= 4 is 11.3 Å². The maximum atomic E-state index is 5.97. The van der Waals surface area contributed by atoms with Gasteiger partial charge in [-0.15, -0.1) is 11.3 Å². The monoisotopic (exact) mass is 263 g/mol. The van der Waals surface area contributed by atoms with Crippen LogP contribution in [0.3, 0.4) is 0 Å². The van der Waals surface area contributed by atoms with Gasteiger partial charge in [0.25, 0.3) is 0 Å². The minimum absolute atomic E-state index is 0.494.